The molecule has 1 amide bonds. The van der Waals surface area contributed by atoms with Crippen molar-refractivity contribution in [3.05, 3.63) is 65.5 Å². The minimum atomic E-state index is -0.485. The van der Waals surface area contributed by atoms with Crippen molar-refractivity contribution in [1.82, 2.24) is 4.90 Å². The van der Waals surface area contributed by atoms with Gasteiger partial charge in [0.2, 0.25) is 0 Å². The van der Waals surface area contributed by atoms with E-state index in [1.165, 1.54) is 12.1 Å². The third-order valence-corrected chi connectivity index (χ3v) is 3.24. The van der Waals surface area contributed by atoms with Crippen LogP contribution in [0.15, 0.2) is 48.5 Å². The maximum Gasteiger partial charge on any atom is 0.257 e. The summed E-state index contributed by atoms with van der Waals surface area (Å²) < 4.78 is 13.8. The van der Waals surface area contributed by atoms with Gasteiger partial charge in [-0.05, 0) is 36.2 Å². The lowest BCUT2D eigenvalue weighted by Gasteiger charge is -2.22. The van der Waals surface area contributed by atoms with E-state index in [9.17, 15) is 9.18 Å². The minimum absolute atomic E-state index is 0.112. The molecule has 0 heterocycles. The molecule has 0 bridgehead atoms. The van der Waals surface area contributed by atoms with Crippen molar-refractivity contribution in [2.45, 2.75) is 19.9 Å². The molecule has 0 aliphatic carbocycles. The Morgan fingerprint density at radius 2 is 1.81 bits per heavy atom. The Balaban J connectivity index is 2.20. The second-order valence-electron chi connectivity index (χ2n) is 4.95. The molecule has 2 aromatic carbocycles. The van der Waals surface area contributed by atoms with E-state index >= 15 is 0 Å². The highest BCUT2D eigenvalue weighted by Gasteiger charge is 2.18. The quantitative estimate of drug-likeness (QED) is 0.856. The zero-order valence-corrected chi connectivity index (χ0v) is 12.1. The molecule has 0 saturated carbocycles. The number of rotatable bonds is 5. The lowest BCUT2D eigenvalue weighted by atomic mass is 10.1. The summed E-state index contributed by atoms with van der Waals surface area (Å²) in [6.45, 7) is 3.02. The molecule has 2 aromatic rings. The van der Waals surface area contributed by atoms with E-state index < -0.39 is 5.82 Å². The van der Waals surface area contributed by atoms with Crippen molar-refractivity contribution in [2.75, 3.05) is 12.3 Å². The van der Waals surface area contributed by atoms with Gasteiger partial charge in [-0.2, -0.15) is 0 Å². The third kappa shape index (κ3) is 3.81. The number of amides is 1. The van der Waals surface area contributed by atoms with E-state index in [-0.39, 0.29) is 11.5 Å². The maximum atomic E-state index is 13.8. The summed E-state index contributed by atoms with van der Waals surface area (Å²) in [5, 5.41) is 0. The molecule has 0 aliphatic heterocycles. The number of benzene rings is 2. The molecule has 0 spiro atoms. The third-order valence-electron chi connectivity index (χ3n) is 3.24. The standard InChI is InChI=1S/C17H19FN2O/c1-2-11-20(12-13-7-9-14(19)10-8-13)17(21)15-5-3-4-6-16(15)18/h3-10H,2,11-12,19H2,1H3. The van der Waals surface area contributed by atoms with E-state index in [0.717, 1.165) is 12.0 Å². The van der Waals surface area contributed by atoms with Crippen LogP contribution < -0.4 is 5.73 Å². The summed E-state index contributed by atoms with van der Waals surface area (Å²) >= 11 is 0. The predicted octanol–water partition coefficient (Wildman–Crippen LogP) is 3.46. The van der Waals surface area contributed by atoms with Crippen LogP contribution in [0.2, 0.25) is 0 Å². The van der Waals surface area contributed by atoms with Crippen LogP contribution in [0.4, 0.5) is 10.1 Å². The SMILES string of the molecule is CCCN(Cc1ccc(N)cc1)C(=O)c1ccccc1F. The number of carbonyl (C=O) groups excluding carboxylic acids is 1. The van der Waals surface area contributed by atoms with E-state index in [0.29, 0.717) is 18.8 Å². The average Bonchev–Trinajstić information content (AvgIpc) is 2.49. The number of carbonyl (C=O) groups is 1. The Morgan fingerprint density at radius 1 is 1.14 bits per heavy atom. The minimum Gasteiger partial charge on any atom is -0.399 e. The van der Waals surface area contributed by atoms with Crippen LogP contribution >= 0.6 is 0 Å². The molecule has 0 unspecified atom stereocenters. The zero-order chi connectivity index (χ0) is 15.2. The molecule has 0 saturated heterocycles. The normalized spacial score (nSPS) is 10.4. The van der Waals surface area contributed by atoms with E-state index in [2.05, 4.69) is 0 Å². The highest BCUT2D eigenvalue weighted by Crippen LogP contribution is 2.14. The molecule has 0 fully saturated rings. The monoisotopic (exact) mass is 286 g/mol. The second-order valence-corrected chi connectivity index (χ2v) is 4.95. The molecule has 4 heteroatoms. The number of hydrogen-bond donors (Lipinski definition) is 1. The molecular formula is C17H19FN2O. The molecule has 2 rings (SSSR count). The molecule has 0 atom stereocenters. The van der Waals surface area contributed by atoms with Gasteiger partial charge < -0.3 is 10.6 Å². The fraction of sp³-hybridized carbons (Fsp3) is 0.235. The van der Waals surface area contributed by atoms with Gasteiger partial charge in [0.15, 0.2) is 0 Å². The van der Waals surface area contributed by atoms with Gasteiger partial charge in [0.25, 0.3) is 5.91 Å². The number of nitrogens with zero attached hydrogens (tertiary/aromatic N) is 1. The van der Waals surface area contributed by atoms with Gasteiger partial charge in [-0.1, -0.05) is 31.2 Å². The summed E-state index contributed by atoms with van der Waals surface area (Å²) in [6.07, 6.45) is 0.815. The summed E-state index contributed by atoms with van der Waals surface area (Å²) in [4.78, 5) is 14.1. The van der Waals surface area contributed by atoms with E-state index in [1.54, 1.807) is 29.2 Å². The summed E-state index contributed by atoms with van der Waals surface area (Å²) in [6, 6.07) is 13.4. The van der Waals surface area contributed by atoms with Crippen LogP contribution in [0.25, 0.3) is 0 Å². The Hall–Kier alpha value is -2.36. The van der Waals surface area contributed by atoms with Crippen LogP contribution in [0, 0.1) is 5.82 Å². The highest BCUT2D eigenvalue weighted by atomic mass is 19.1. The molecule has 0 radical (unpaired) electrons. The van der Waals surface area contributed by atoms with E-state index in [1.807, 2.05) is 19.1 Å². The molecule has 21 heavy (non-hydrogen) atoms. The number of hydrogen-bond acceptors (Lipinski definition) is 2. The molecule has 110 valence electrons. The summed E-state index contributed by atoms with van der Waals surface area (Å²) in [5.41, 5.74) is 7.43. The molecular weight excluding hydrogens is 267 g/mol. The number of nitrogen functional groups attached to an aromatic ring is 1. The van der Waals surface area contributed by atoms with Crippen molar-refractivity contribution in [3.63, 3.8) is 0 Å². The highest BCUT2D eigenvalue weighted by molar-refractivity contribution is 5.94. The zero-order valence-electron chi connectivity index (χ0n) is 12.1. The van der Waals surface area contributed by atoms with E-state index in [4.69, 9.17) is 5.73 Å². The number of nitrogens with two attached hydrogens (primary N) is 1. The Kier molecular flexibility index (Phi) is 4.93. The van der Waals surface area contributed by atoms with Crippen molar-refractivity contribution < 1.29 is 9.18 Å². The Bertz CT molecular complexity index is 610. The van der Waals surface area contributed by atoms with Gasteiger partial charge in [-0.15, -0.1) is 0 Å². The predicted molar refractivity (Wildman–Crippen MR) is 82.3 cm³/mol. The number of halogens is 1. The van der Waals surface area contributed by atoms with Crippen LogP contribution in [0.5, 0.6) is 0 Å². The topological polar surface area (TPSA) is 46.3 Å². The first-order chi connectivity index (χ1) is 10.1. The molecule has 2 N–H and O–H groups in total. The van der Waals surface area contributed by atoms with Crippen LogP contribution in [-0.4, -0.2) is 17.4 Å². The van der Waals surface area contributed by atoms with Gasteiger partial charge in [0.1, 0.15) is 5.82 Å². The van der Waals surface area contributed by atoms with Gasteiger partial charge in [0.05, 0.1) is 5.56 Å². The van der Waals surface area contributed by atoms with Gasteiger partial charge in [-0.25, -0.2) is 4.39 Å². The van der Waals surface area contributed by atoms with Crippen molar-refractivity contribution in [2.24, 2.45) is 0 Å². The molecule has 3 nitrogen and oxygen atoms in total. The summed E-state index contributed by atoms with van der Waals surface area (Å²) in [7, 11) is 0. The van der Waals surface area contributed by atoms with Crippen LogP contribution in [0.3, 0.4) is 0 Å². The smallest absolute Gasteiger partial charge is 0.257 e. The first-order valence-electron chi connectivity index (χ1n) is 7.00. The fourth-order valence-corrected chi connectivity index (χ4v) is 2.17. The van der Waals surface area contributed by atoms with Crippen molar-refractivity contribution in [1.29, 1.82) is 0 Å². The first-order valence-corrected chi connectivity index (χ1v) is 7.00. The van der Waals surface area contributed by atoms with Crippen LogP contribution in [0.1, 0.15) is 29.3 Å². The summed E-state index contributed by atoms with van der Waals surface area (Å²) in [5.74, 6) is -0.771. The van der Waals surface area contributed by atoms with Gasteiger partial charge >= 0.3 is 0 Å². The molecule has 0 aromatic heterocycles. The largest absolute Gasteiger partial charge is 0.399 e. The fourth-order valence-electron chi connectivity index (χ4n) is 2.17. The second kappa shape index (κ2) is 6.88. The molecule has 0 aliphatic rings. The van der Waals surface area contributed by atoms with Crippen molar-refractivity contribution >= 4 is 11.6 Å². The van der Waals surface area contributed by atoms with Gasteiger partial charge in [0, 0.05) is 18.8 Å². The average molecular weight is 286 g/mol. The lowest BCUT2D eigenvalue weighted by molar-refractivity contribution is 0.0738. The maximum absolute atomic E-state index is 13.8. The Morgan fingerprint density at radius 3 is 2.43 bits per heavy atom. The lowest BCUT2D eigenvalue weighted by Crippen LogP contribution is -2.31. The first kappa shape index (κ1) is 15.0. The Labute approximate surface area is 124 Å². The van der Waals surface area contributed by atoms with Crippen LogP contribution in [-0.2, 0) is 6.54 Å². The van der Waals surface area contributed by atoms with Crippen molar-refractivity contribution in [3.8, 4) is 0 Å². The van der Waals surface area contributed by atoms with Gasteiger partial charge in [-0.3, -0.25) is 4.79 Å². The number of anilines is 1.